The fraction of sp³-hybridized carbons (Fsp3) is 0.200. The van der Waals surface area contributed by atoms with Crippen LogP contribution in [0, 0.1) is 12.7 Å². The van der Waals surface area contributed by atoms with Crippen molar-refractivity contribution in [3.05, 3.63) is 53.6 Å². The normalized spacial score (nSPS) is 10.3. The van der Waals surface area contributed by atoms with Crippen LogP contribution in [0.1, 0.15) is 11.3 Å². The zero-order valence-electron chi connectivity index (χ0n) is 10.8. The largest absolute Gasteiger partial charge is 0.469 e. The van der Waals surface area contributed by atoms with E-state index in [2.05, 4.69) is 9.72 Å². The van der Waals surface area contributed by atoms with Gasteiger partial charge in [0.05, 0.1) is 13.5 Å². The molecule has 2 aromatic rings. The standard InChI is InChI=1S/C15H14FNO2/c1-10-15(13(16)7-8-17-10)12-6-4-3-5-11(12)9-14(18)19-2/h3-8H,9H2,1-2H3. The predicted octanol–water partition coefficient (Wildman–Crippen LogP) is 2.91. The zero-order valence-corrected chi connectivity index (χ0v) is 10.8. The molecule has 1 aromatic heterocycles. The molecule has 0 radical (unpaired) electrons. The Bertz CT molecular complexity index is 591. The van der Waals surface area contributed by atoms with Gasteiger partial charge in [-0.05, 0) is 24.1 Å². The summed E-state index contributed by atoms with van der Waals surface area (Å²) in [6.07, 6.45) is 1.54. The highest BCUT2D eigenvalue weighted by Gasteiger charge is 2.14. The maximum absolute atomic E-state index is 14.0. The number of hydrogen-bond donors (Lipinski definition) is 0. The summed E-state index contributed by atoms with van der Waals surface area (Å²) in [5, 5.41) is 0. The number of carbonyl (C=O) groups is 1. The molecule has 0 saturated carbocycles. The molecule has 4 heteroatoms. The Kier molecular flexibility index (Phi) is 3.90. The number of rotatable bonds is 3. The second-order valence-corrected chi connectivity index (χ2v) is 4.16. The van der Waals surface area contributed by atoms with Gasteiger partial charge < -0.3 is 4.74 Å². The van der Waals surface area contributed by atoms with E-state index in [0.717, 1.165) is 5.56 Å². The Hall–Kier alpha value is -2.23. The lowest BCUT2D eigenvalue weighted by Crippen LogP contribution is -2.06. The summed E-state index contributed by atoms with van der Waals surface area (Å²) in [5.41, 5.74) is 2.43. The number of pyridine rings is 1. The van der Waals surface area contributed by atoms with Crippen LogP contribution in [0.25, 0.3) is 11.1 Å². The van der Waals surface area contributed by atoms with Gasteiger partial charge in [-0.2, -0.15) is 0 Å². The fourth-order valence-corrected chi connectivity index (χ4v) is 2.00. The third-order valence-electron chi connectivity index (χ3n) is 2.94. The van der Waals surface area contributed by atoms with Gasteiger partial charge >= 0.3 is 5.97 Å². The van der Waals surface area contributed by atoms with Gasteiger partial charge in [0.2, 0.25) is 0 Å². The van der Waals surface area contributed by atoms with Crippen LogP contribution < -0.4 is 0 Å². The van der Waals surface area contributed by atoms with Gasteiger partial charge in [-0.3, -0.25) is 9.78 Å². The van der Waals surface area contributed by atoms with E-state index in [9.17, 15) is 9.18 Å². The van der Waals surface area contributed by atoms with E-state index in [-0.39, 0.29) is 18.2 Å². The van der Waals surface area contributed by atoms with Gasteiger partial charge in [-0.1, -0.05) is 24.3 Å². The quantitative estimate of drug-likeness (QED) is 0.795. The molecule has 1 heterocycles. The molecule has 1 aromatic carbocycles. The highest BCUT2D eigenvalue weighted by molar-refractivity contribution is 5.78. The Morgan fingerprint density at radius 2 is 2.05 bits per heavy atom. The van der Waals surface area contributed by atoms with Gasteiger partial charge in [-0.25, -0.2) is 4.39 Å². The summed E-state index contributed by atoms with van der Waals surface area (Å²) in [5.74, 6) is -0.695. The van der Waals surface area contributed by atoms with Crippen LogP contribution in [0.5, 0.6) is 0 Å². The maximum Gasteiger partial charge on any atom is 0.309 e. The topological polar surface area (TPSA) is 39.2 Å². The van der Waals surface area contributed by atoms with Gasteiger partial charge in [0.25, 0.3) is 0 Å². The molecule has 98 valence electrons. The monoisotopic (exact) mass is 259 g/mol. The van der Waals surface area contributed by atoms with E-state index in [1.807, 2.05) is 12.1 Å². The first-order valence-corrected chi connectivity index (χ1v) is 5.89. The van der Waals surface area contributed by atoms with Crippen LogP contribution in [0.4, 0.5) is 4.39 Å². The predicted molar refractivity (Wildman–Crippen MR) is 70.1 cm³/mol. The van der Waals surface area contributed by atoms with Crippen molar-refractivity contribution in [3.8, 4) is 11.1 Å². The minimum absolute atomic E-state index is 0.112. The summed E-state index contributed by atoms with van der Waals surface area (Å²) in [7, 11) is 1.33. The number of hydrogen-bond acceptors (Lipinski definition) is 3. The number of ether oxygens (including phenoxy) is 1. The Morgan fingerprint density at radius 3 is 2.74 bits per heavy atom. The van der Waals surface area contributed by atoms with E-state index < -0.39 is 0 Å². The SMILES string of the molecule is COC(=O)Cc1ccccc1-c1c(F)ccnc1C. The minimum Gasteiger partial charge on any atom is -0.469 e. The molecule has 0 atom stereocenters. The number of esters is 1. The maximum atomic E-state index is 14.0. The lowest BCUT2D eigenvalue weighted by molar-refractivity contribution is -0.139. The molecule has 0 saturated heterocycles. The van der Waals surface area contributed by atoms with Gasteiger partial charge in [0.1, 0.15) is 5.82 Å². The molecule has 0 aliphatic carbocycles. The highest BCUT2D eigenvalue weighted by Crippen LogP contribution is 2.28. The Balaban J connectivity index is 2.53. The van der Waals surface area contributed by atoms with Crippen molar-refractivity contribution in [3.63, 3.8) is 0 Å². The van der Waals surface area contributed by atoms with Crippen molar-refractivity contribution in [1.82, 2.24) is 4.98 Å². The molecule has 0 unspecified atom stereocenters. The average Bonchev–Trinajstić information content (AvgIpc) is 2.40. The molecule has 19 heavy (non-hydrogen) atoms. The lowest BCUT2D eigenvalue weighted by Gasteiger charge is -2.11. The molecule has 0 spiro atoms. The second-order valence-electron chi connectivity index (χ2n) is 4.16. The molecule has 0 amide bonds. The smallest absolute Gasteiger partial charge is 0.309 e. The molecule has 0 bridgehead atoms. The zero-order chi connectivity index (χ0) is 13.8. The van der Waals surface area contributed by atoms with Crippen LogP contribution in [0.15, 0.2) is 36.5 Å². The first-order valence-electron chi connectivity index (χ1n) is 5.89. The molecule has 0 fully saturated rings. The van der Waals surface area contributed by atoms with Crippen LogP contribution in [0.2, 0.25) is 0 Å². The molecular weight excluding hydrogens is 245 g/mol. The Morgan fingerprint density at radius 1 is 1.32 bits per heavy atom. The summed E-state index contributed by atoms with van der Waals surface area (Å²) < 4.78 is 18.6. The third kappa shape index (κ3) is 2.78. The fourth-order valence-electron chi connectivity index (χ4n) is 2.00. The molecule has 0 aliphatic heterocycles. The van der Waals surface area contributed by atoms with E-state index in [0.29, 0.717) is 16.8 Å². The van der Waals surface area contributed by atoms with Crippen molar-refractivity contribution in [1.29, 1.82) is 0 Å². The Labute approximate surface area is 111 Å². The van der Waals surface area contributed by atoms with E-state index in [1.54, 1.807) is 19.1 Å². The first kappa shape index (κ1) is 13.2. The molecule has 2 rings (SSSR count). The first-order chi connectivity index (χ1) is 9.13. The van der Waals surface area contributed by atoms with Crippen molar-refractivity contribution in [2.24, 2.45) is 0 Å². The number of benzene rings is 1. The lowest BCUT2D eigenvalue weighted by atomic mass is 9.96. The minimum atomic E-state index is -0.352. The number of aromatic nitrogens is 1. The summed E-state index contributed by atoms with van der Waals surface area (Å²) in [6, 6.07) is 8.51. The third-order valence-corrected chi connectivity index (χ3v) is 2.94. The number of nitrogens with zero attached hydrogens (tertiary/aromatic N) is 1. The van der Waals surface area contributed by atoms with Crippen molar-refractivity contribution < 1.29 is 13.9 Å². The molecule has 3 nitrogen and oxygen atoms in total. The van der Waals surface area contributed by atoms with E-state index in [1.165, 1.54) is 19.4 Å². The van der Waals surface area contributed by atoms with Gasteiger partial charge in [0, 0.05) is 17.5 Å². The van der Waals surface area contributed by atoms with Crippen LogP contribution in [-0.2, 0) is 16.0 Å². The van der Waals surface area contributed by atoms with Gasteiger partial charge in [0.15, 0.2) is 0 Å². The van der Waals surface area contributed by atoms with Crippen LogP contribution >= 0.6 is 0 Å². The molecular formula is C15H14FNO2. The number of carbonyl (C=O) groups excluding carboxylic acids is 1. The van der Waals surface area contributed by atoms with Crippen LogP contribution in [-0.4, -0.2) is 18.1 Å². The van der Waals surface area contributed by atoms with Crippen molar-refractivity contribution in [2.75, 3.05) is 7.11 Å². The second kappa shape index (κ2) is 5.61. The number of halogens is 1. The summed E-state index contributed by atoms with van der Waals surface area (Å²) in [4.78, 5) is 15.5. The van der Waals surface area contributed by atoms with E-state index in [4.69, 9.17) is 0 Å². The van der Waals surface area contributed by atoms with Crippen LogP contribution in [0.3, 0.4) is 0 Å². The van der Waals surface area contributed by atoms with Crippen molar-refractivity contribution >= 4 is 5.97 Å². The molecule has 0 N–H and O–H groups in total. The van der Waals surface area contributed by atoms with Crippen molar-refractivity contribution in [2.45, 2.75) is 13.3 Å². The summed E-state index contributed by atoms with van der Waals surface area (Å²) >= 11 is 0. The number of aryl methyl sites for hydroxylation is 1. The molecule has 0 aliphatic rings. The highest BCUT2D eigenvalue weighted by atomic mass is 19.1. The average molecular weight is 259 g/mol. The number of methoxy groups -OCH3 is 1. The van der Waals surface area contributed by atoms with E-state index >= 15 is 0 Å². The summed E-state index contributed by atoms with van der Waals surface area (Å²) in [6.45, 7) is 1.74. The van der Waals surface area contributed by atoms with Gasteiger partial charge in [-0.15, -0.1) is 0 Å².